The fourth-order valence-electron chi connectivity index (χ4n) is 3.85. The standard InChI is InChI=1S/C16H25N3O6/c20-14-12(17-16(22)23)1-4-19(14)13(11-2-7-24-8-3-11)15(21)18-5-9-25-10-6-18/h11-13,17H,1-10H2,(H,22,23)/t12-,13?/m0/s1. The van der Waals surface area contributed by atoms with Crippen LogP contribution in [0.4, 0.5) is 4.79 Å². The number of nitrogens with zero attached hydrogens (tertiary/aromatic N) is 2. The van der Waals surface area contributed by atoms with Crippen molar-refractivity contribution in [1.82, 2.24) is 15.1 Å². The number of likely N-dealkylation sites (tertiary alicyclic amines) is 1. The number of ether oxygens (including phenoxy) is 2. The Morgan fingerprint density at radius 1 is 1.04 bits per heavy atom. The van der Waals surface area contributed by atoms with Crippen LogP contribution in [0.1, 0.15) is 19.3 Å². The molecule has 3 heterocycles. The maximum atomic E-state index is 13.2. The molecule has 0 aromatic carbocycles. The van der Waals surface area contributed by atoms with Crippen LogP contribution in [0.15, 0.2) is 0 Å². The van der Waals surface area contributed by atoms with Gasteiger partial charge in [-0.15, -0.1) is 0 Å². The fraction of sp³-hybridized carbons (Fsp3) is 0.812. The van der Waals surface area contributed by atoms with Crippen molar-refractivity contribution < 1.29 is 29.0 Å². The fourth-order valence-corrected chi connectivity index (χ4v) is 3.85. The Labute approximate surface area is 146 Å². The first kappa shape index (κ1) is 17.9. The zero-order valence-electron chi connectivity index (χ0n) is 14.2. The van der Waals surface area contributed by atoms with E-state index in [-0.39, 0.29) is 17.7 Å². The van der Waals surface area contributed by atoms with E-state index in [1.165, 1.54) is 0 Å². The van der Waals surface area contributed by atoms with Gasteiger partial charge in [-0.05, 0) is 25.2 Å². The topological polar surface area (TPSA) is 108 Å². The van der Waals surface area contributed by atoms with Crippen LogP contribution in [0.5, 0.6) is 0 Å². The molecular formula is C16H25N3O6. The predicted molar refractivity (Wildman–Crippen MR) is 86.0 cm³/mol. The molecule has 25 heavy (non-hydrogen) atoms. The zero-order chi connectivity index (χ0) is 17.8. The van der Waals surface area contributed by atoms with Gasteiger partial charge in [-0.25, -0.2) is 4.79 Å². The number of carbonyl (C=O) groups excluding carboxylic acids is 2. The monoisotopic (exact) mass is 355 g/mol. The highest BCUT2D eigenvalue weighted by Crippen LogP contribution is 2.28. The number of carboxylic acid groups (broad SMARTS) is 1. The Balaban J connectivity index is 1.77. The highest BCUT2D eigenvalue weighted by molar-refractivity contribution is 5.92. The SMILES string of the molecule is O=C(O)N[C@H]1CCN(C(C(=O)N2CCOCC2)C2CCOCC2)C1=O. The van der Waals surface area contributed by atoms with E-state index in [1.54, 1.807) is 9.80 Å². The van der Waals surface area contributed by atoms with Crippen molar-refractivity contribution in [3.05, 3.63) is 0 Å². The maximum Gasteiger partial charge on any atom is 0.405 e. The van der Waals surface area contributed by atoms with Crippen LogP contribution >= 0.6 is 0 Å². The molecule has 0 radical (unpaired) electrons. The van der Waals surface area contributed by atoms with Gasteiger partial charge in [0.2, 0.25) is 11.8 Å². The van der Waals surface area contributed by atoms with E-state index in [4.69, 9.17) is 14.6 Å². The van der Waals surface area contributed by atoms with Gasteiger partial charge in [-0.3, -0.25) is 9.59 Å². The minimum absolute atomic E-state index is 0.0385. The summed E-state index contributed by atoms with van der Waals surface area (Å²) in [5, 5.41) is 11.1. The molecule has 3 fully saturated rings. The number of carbonyl (C=O) groups is 3. The van der Waals surface area contributed by atoms with Gasteiger partial charge in [0.1, 0.15) is 12.1 Å². The second-order valence-electron chi connectivity index (χ2n) is 6.65. The number of rotatable bonds is 4. The smallest absolute Gasteiger partial charge is 0.405 e. The normalized spacial score (nSPS) is 26.6. The van der Waals surface area contributed by atoms with Crippen LogP contribution in [0.2, 0.25) is 0 Å². The summed E-state index contributed by atoms with van der Waals surface area (Å²) in [6.07, 6.45) is 0.618. The minimum atomic E-state index is -1.22. The molecule has 1 unspecified atom stereocenters. The van der Waals surface area contributed by atoms with Crippen molar-refractivity contribution in [2.45, 2.75) is 31.3 Å². The van der Waals surface area contributed by atoms with Gasteiger partial charge in [0, 0.05) is 32.8 Å². The van der Waals surface area contributed by atoms with Crippen molar-refractivity contribution in [2.75, 3.05) is 46.1 Å². The molecule has 140 valence electrons. The summed E-state index contributed by atoms with van der Waals surface area (Å²) in [7, 11) is 0. The third-order valence-electron chi connectivity index (χ3n) is 5.16. The maximum absolute atomic E-state index is 13.2. The second-order valence-corrected chi connectivity index (χ2v) is 6.65. The summed E-state index contributed by atoms with van der Waals surface area (Å²) in [6.45, 7) is 3.61. The second kappa shape index (κ2) is 8.01. The number of amides is 3. The Morgan fingerprint density at radius 2 is 1.68 bits per heavy atom. The molecular weight excluding hydrogens is 330 g/mol. The molecule has 2 N–H and O–H groups in total. The number of hydrogen-bond acceptors (Lipinski definition) is 5. The lowest BCUT2D eigenvalue weighted by atomic mass is 9.89. The highest BCUT2D eigenvalue weighted by atomic mass is 16.5. The summed E-state index contributed by atoms with van der Waals surface area (Å²) < 4.78 is 10.7. The largest absolute Gasteiger partial charge is 0.465 e. The van der Waals surface area contributed by atoms with Gasteiger partial charge in [0.25, 0.3) is 0 Å². The molecule has 0 aromatic rings. The average Bonchev–Trinajstić information content (AvgIpc) is 2.97. The van der Waals surface area contributed by atoms with E-state index in [0.717, 1.165) is 12.8 Å². The van der Waals surface area contributed by atoms with Crippen molar-refractivity contribution in [2.24, 2.45) is 5.92 Å². The van der Waals surface area contributed by atoms with E-state index in [9.17, 15) is 14.4 Å². The number of nitrogens with one attached hydrogen (secondary N) is 1. The lowest BCUT2D eigenvalue weighted by Crippen LogP contribution is -2.57. The molecule has 3 aliphatic rings. The van der Waals surface area contributed by atoms with E-state index in [2.05, 4.69) is 5.32 Å². The Bertz CT molecular complexity index is 516. The molecule has 0 bridgehead atoms. The number of hydrogen-bond donors (Lipinski definition) is 2. The summed E-state index contributed by atoms with van der Waals surface area (Å²) >= 11 is 0. The first-order valence-corrected chi connectivity index (χ1v) is 8.82. The number of morpholine rings is 1. The average molecular weight is 355 g/mol. The summed E-state index contributed by atoms with van der Waals surface area (Å²) in [5.41, 5.74) is 0. The summed E-state index contributed by atoms with van der Waals surface area (Å²) in [4.78, 5) is 40.1. The van der Waals surface area contributed by atoms with Crippen molar-refractivity contribution in [3.8, 4) is 0 Å². The lowest BCUT2D eigenvalue weighted by Gasteiger charge is -2.39. The van der Waals surface area contributed by atoms with Gasteiger partial charge < -0.3 is 29.7 Å². The molecule has 3 rings (SSSR count). The van der Waals surface area contributed by atoms with E-state index < -0.39 is 18.2 Å². The molecule has 0 aliphatic carbocycles. The Hall–Kier alpha value is -1.87. The molecule has 0 saturated carbocycles. The van der Waals surface area contributed by atoms with Gasteiger partial charge in [0.15, 0.2) is 0 Å². The molecule has 9 nitrogen and oxygen atoms in total. The third-order valence-corrected chi connectivity index (χ3v) is 5.16. The molecule has 0 spiro atoms. The van der Waals surface area contributed by atoms with Gasteiger partial charge in [-0.2, -0.15) is 0 Å². The van der Waals surface area contributed by atoms with E-state index in [1.807, 2.05) is 0 Å². The first-order chi connectivity index (χ1) is 12.1. The van der Waals surface area contributed by atoms with Crippen molar-refractivity contribution in [3.63, 3.8) is 0 Å². The van der Waals surface area contributed by atoms with Gasteiger partial charge in [0.05, 0.1) is 13.2 Å². The summed E-state index contributed by atoms with van der Waals surface area (Å²) in [6, 6.07) is -1.31. The highest BCUT2D eigenvalue weighted by Gasteiger charge is 2.44. The third kappa shape index (κ3) is 4.04. The van der Waals surface area contributed by atoms with Gasteiger partial charge in [-0.1, -0.05) is 0 Å². The molecule has 3 saturated heterocycles. The minimum Gasteiger partial charge on any atom is -0.465 e. The van der Waals surface area contributed by atoms with Crippen LogP contribution in [0.3, 0.4) is 0 Å². The Kier molecular flexibility index (Phi) is 5.74. The van der Waals surface area contributed by atoms with Crippen LogP contribution in [0, 0.1) is 5.92 Å². The van der Waals surface area contributed by atoms with Crippen LogP contribution < -0.4 is 5.32 Å². The predicted octanol–water partition coefficient (Wildman–Crippen LogP) is -0.491. The first-order valence-electron chi connectivity index (χ1n) is 8.82. The molecule has 3 aliphatic heterocycles. The van der Waals surface area contributed by atoms with Crippen LogP contribution in [0.25, 0.3) is 0 Å². The van der Waals surface area contributed by atoms with E-state index >= 15 is 0 Å². The summed E-state index contributed by atoms with van der Waals surface area (Å²) in [5.74, 6) is -0.323. The van der Waals surface area contributed by atoms with Crippen LogP contribution in [-0.4, -0.2) is 91.0 Å². The van der Waals surface area contributed by atoms with E-state index in [0.29, 0.717) is 52.5 Å². The quantitative estimate of drug-likeness (QED) is 0.704. The molecule has 9 heteroatoms. The lowest BCUT2D eigenvalue weighted by molar-refractivity contribution is -0.150. The van der Waals surface area contributed by atoms with Crippen molar-refractivity contribution in [1.29, 1.82) is 0 Å². The zero-order valence-corrected chi connectivity index (χ0v) is 14.2. The molecule has 3 amide bonds. The Morgan fingerprint density at radius 3 is 2.32 bits per heavy atom. The van der Waals surface area contributed by atoms with Gasteiger partial charge >= 0.3 is 6.09 Å². The van der Waals surface area contributed by atoms with Crippen LogP contribution in [-0.2, 0) is 19.1 Å². The molecule has 2 atom stereocenters. The molecule has 0 aromatic heterocycles. The van der Waals surface area contributed by atoms with Crippen molar-refractivity contribution >= 4 is 17.9 Å².